The molecule has 0 fully saturated rings. The predicted octanol–water partition coefficient (Wildman–Crippen LogP) is 7.94. The number of hydrogen-bond acceptors (Lipinski definition) is 5. The Morgan fingerprint density at radius 3 is 1.82 bits per heavy atom. The summed E-state index contributed by atoms with van der Waals surface area (Å²) in [6.07, 6.45) is 14.4. The van der Waals surface area contributed by atoms with Crippen molar-refractivity contribution in [2.75, 3.05) is 13.3 Å². The minimum absolute atomic E-state index is 0.210. The van der Waals surface area contributed by atoms with Crippen molar-refractivity contribution in [1.29, 1.82) is 0 Å². The summed E-state index contributed by atoms with van der Waals surface area (Å²) in [7, 11) is -2.80. The van der Waals surface area contributed by atoms with Crippen molar-refractivity contribution in [3.63, 3.8) is 0 Å². The number of aliphatic hydroxyl groups excluding tert-OH is 1. The van der Waals surface area contributed by atoms with E-state index in [1.165, 1.54) is 64.2 Å². The molecule has 0 bridgehead atoms. The first-order valence-corrected chi connectivity index (χ1v) is 18.7. The number of rotatable bonds is 24. The van der Waals surface area contributed by atoms with E-state index < -0.39 is 25.9 Å². The average molecular weight is 648 g/mol. The second kappa shape index (κ2) is 21.4. The average Bonchev–Trinajstić information content (AvgIpc) is 2.98. The third kappa shape index (κ3) is 16.7. The third-order valence-electron chi connectivity index (χ3n) is 8.25. The number of hydrogen-bond donors (Lipinski definition) is 4. The molecule has 1 amide bonds. The number of ether oxygens (including phenoxy) is 2. The van der Waals surface area contributed by atoms with Gasteiger partial charge in [0.05, 0.1) is 25.4 Å². The molecule has 0 aliphatic heterocycles. The van der Waals surface area contributed by atoms with Gasteiger partial charge in [0.25, 0.3) is 0 Å². The van der Waals surface area contributed by atoms with Crippen molar-refractivity contribution in [3.8, 4) is 11.5 Å². The lowest BCUT2D eigenvalue weighted by Crippen LogP contribution is -2.46. The fourth-order valence-electron chi connectivity index (χ4n) is 5.82. The zero-order valence-electron chi connectivity index (χ0n) is 28.1. The summed E-state index contributed by atoms with van der Waals surface area (Å²) in [5.41, 5.74) is 3.93. The highest BCUT2D eigenvalue weighted by atomic mass is 31.2. The molecule has 0 saturated heterocycles. The Morgan fingerprint density at radius 2 is 1.33 bits per heavy atom. The fourth-order valence-corrected chi connectivity index (χ4v) is 6.57. The Morgan fingerprint density at radius 1 is 0.822 bits per heavy atom. The molecular weight excluding hydrogens is 589 g/mol. The van der Waals surface area contributed by atoms with Crippen LogP contribution in [0, 0.1) is 13.8 Å². The summed E-state index contributed by atoms with van der Waals surface area (Å²) in [6.45, 7) is 6.64. The number of carbonyl (C=O) groups is 1. The second-order valence-corrected chi connectivity index (χ2v) is 14.2. The van der Waals surface area contributed by atoms with Crippen LogP contribution in [0.1, 0.15) is 119 Å². The van der Waals surface area contributed by atoms with Crippen LogP contribution in [0.25, 0.3) is 0 Å². The number of aryl methyl sites for hydroxylation is 2. The molecule has 0 radical (unpaired) electrons. The van der Waals surface area contributed by atoms with E-state index in [0.29, 0.717) is 18.8 Å². The number of amides is 1. The minimum atomic E-state index is -4.46. The van der Waals surface area contributed by atoms with E-state index in [-0.39, 0.29) is 12.3 Å². The molecule has 45 heavy (non-hydrogen) atoms. The maximum atomic E-state index is 12.7. The quantitative estimate of drug-likeness (QED) is 0.0673. The first-order chi connectivity index (χ1) is 21.5. The number of aliphatic hydroxyl groups is 1. The Hall–Kier alpha value is -2.38. The van der Waals surface area contributed by atoms with Gasteiger partial charge in [0, 0.05) is 6.42 Å². The number of nitrogens with one attached hydrogen (secondary N) is 1. The number of carbonyl (C=O) groups excluding carboxylic acids is 1. The maximum absolute atomic E-state index is 12.7. The van der Waals surface area contributed by atoms with Crippen LogP contribution >= 0.6 is 7.60 Å². The summed E-state index contributed by atoms with van der Waals surface area (Å²) in [5, 5.41) is 13.5. The molecule has 4 N–H and O–H groups in total. The molecule has 0 aromatic heterocycles. The van der Waals surface area contributed by atoms with Crippen molar-refractivity contribution in [1.82, 2.24) is 5.32 Å². The molecule has 0 heterocycles. The molecule has 2 rings (SSSR count). The van der Waals surface area contributed by atoms with Crippen LogP contribution in [-0.4, -0.2) is 46.2 Å². The SMILES string of the molecule is CCCCCCCCCCCCCCCC(=O)N[C@@H](Cc1ccc(OCc2cc(C)c(OC)c(C)c2)cc1)[C@@H](O)CP(=O)(O)O. The van der Waals surface area contributed by atoms with Crippen LogP contribution in [0.5, 0.6) is 11.5 Å². The van der Waals surface area contributed by atoms with Gasteiger partial charge in [0.15, 0.2) is 0 Å². The lowest BCUT2D eigenvalue weighted by Gasteiger charge is -2.25. The van der Waals surface area contributed by atoms with E-state index in [1.807, 2.05) is 50.2 Å². The van der Waals surface area contributed by atoms with Crippen LogP contribution in [0.15, 0.2) is 36.4 Å². The van der Waals surface area contributed by atoms with Crippen LogP contribution in [0.4, 0.5) is 0 Å². The van der Waals surface area contributed by atoms with Crippen molar-refractivity contribution >= 4 is 13.5 Å². The summed E-state index contributed by atoms with van der Waals surface area (Å²) in [4.78, 5) is 31.6. The molecule has 0 saturated carbocycles. The standard InChI is InChI=1S/C36H58NO7P/c1-5-6-7-8-9-10-11-12-13-14-15-16-17-18-35(39)37-33(34(38)27-45(40,41)42)25-30-19-21-32(22-20-30)44-26-31-23-28(2)36(43-4)29(3)24-31/h19-24,33-34,38H,5-18,25-27H2,1-4H3,(H,37,39)(H2,40,41,42)/t33-,34-/m0/s1. The van der Waals surface area contributed by atoms with Gasteiger partial charge in [0.1, 0.15) is 18.1 Å². The minimum Gasteiger partial charge on any atom is -0.496 e. The summed E-state index contributed by atoms with van der Waals surface area (Å²) >= 11 is 0. The van der Waals surface area contributed by atoms with Gasteiger partial charge in [-0.2, -0.15) is 0 Å². The molecule has 0 aliphatic carbocycles. The van der Waals surface area contributed by atoms with Crippen molar-refractivity contribution in [2.24, 2.45) is 0 Å². The molecule has 254 valence electrons. The fraction of sp³-hybridized carbons (Fsp3) is 0.639. The summed E-state index contributed by atoms with van der Waals surface area (Å²) in [5.74, 6) is 1.33. The molecule has 9 heteroatoms. The van der Waals surface area contributed by atoms with Crippen LogP contribution < -0.4 is 14.8 Å². The Bertz CT molecular complexity index is 1140. The molecule has 8 nitrogen and oxygen atoms in total. The number of unbranched alkanes of at least 4 members (excludes halogenated alkanes) is 12. The first-order valence-electron chi connectivity index (χ1n) is 16.9. The molecule has 0 aliphatic rings. The van der Waals surface area contributed by atoms with Gasteiger partial charge in [-0.15, -0.1) is 0 Å². The third-order valence-corrected chi connectivity index (χ3v) is 9.10. The largest absolute Gasteiger partial charge is 0.496 e. The van der Waals surface area contributed by atoms with Crippen molar-refractivity contribution in [2.45, 2.75) is 136 Å². The monoisotopic (exact) mass is 647 g/mol. The van der Waals surface area contributed by atoms with Gasteiger partial charge in [-0.05, 0) is 73.2 Å². The zero-order chi connectivity index (χ0) is 33.1. The molecular formula is C36H58NO7P. The van der Waals surface area contributed by atoms with E-state index in [4.69, 9.17) is 9.47 Å². The van der Waals surface area contributed by atoms with E-state index >= 15 is 0 Å². The first kappa shape index (κ1) is 38.8. The van der Waals surface area contributed by atoms with Crippen LogP contribution in [-0.2, 0) is 22.4 Å². The van der Waals surface area contributed by atoms with E-state index in [2.05, 4.69) is 12.2 Å². The van der Waals surface area contributed by atoms with E-state index in [9.17, 15) is 24.3 Å². The molecule has 2 aromatic rings. The highest BCUT2D eigenvalue weighted by Crippen LogP contribution is 2.36. The smallest absolute Gasteiger partial charge is 0.328 e. The second-order valence-electron chi connectivity index (χ2n) is 12.5. The lowest BCUT2D eigenvalue weighted by molar-refractivity contribution is -0.122. The molecule has 0 spiro atoms. The van der Waals surface area contributed by atoms with Gasteiger partial charge >= 0.3 is 7.60 Å². The van der Waals surface area contributed by atoms with Crippen molar-refractivity contribution in [3.05, 3.63) is 58.7 Å². The molecule has 2 aromatic carbocycles. The summed E-state index contributed by atoms with van der Waals surface area (Å²) in [6, 6.07) is 10.6. The summed E-state index contributed by atoms with van der Waals surface area (Å²) < 4.78 is 23.0. The van der Waals surface area contributed by atoms with Gasteiger partial charge < -0.3 is 29.7 Å². The van der Waals surface area contributed by atoms with Crippen LogP contribution in [0.3, 0.4) is 0 Å². The molecule has 0 unspecified atom stereocenters. The van der Waals surface area contributed by atoms with Gasteiger partial charge in [0.2, 0.25) is 5.91 Å². The van der Waals surface area contributed by atoms with Crippen molar-refractivity contribution < 1.29 is 33.7 Å². The number of methoxy groups -OCH3 is 1. The highest BCUT2D eigenvalue weighted by Gasteiger charge is 2.28. The predicted molar refractivity (Wildman–Crippen MR) is 182 cm³/mol. The van der Waals surface area contributed by atoms with Crippen LogP contribution in [0.2, 0.25) is 0 Å². The Labute approximate surface area is 271 Å². The normalized spacial score (nSPS) is 13.0. The van der Waals surface area contributed by atoms with E-state index in [1.54, 1.807) is 7.11 Å². The van der Waals surface area contributed by atoms with Gasteiger partial charge in [-0.1, -0.05) is 96.1 Å². The lowest BCUT2D eigenvalue weighted by atomic mass is 10.0. The van der Waals surface area contributed by atoms with Gasteiger partial charge in [-0.25, -0.2) is 0 Å². The van der Waals surface area contributed by atoms with Gasteiger partial charge in [-0.3, -0.25) is 9.36 Å². The maximum Gasteiger partial charge on any atom is 0.328 e. The Balaban J connectivity index is 1.78. The molecule has 2 atom stereocenters. The highest BCUT2D eigenvalue weighted by molar-refractivity contribution is 7.51. The zero-order valence-corrected chi connectivity index (χ0v) is 29.0. The Kier molecular flexibility index (Phi) is 18.5. The topological polar surface area (TPSA) is 125 Å². The van der Waals surface area contributed by atoms with E-state index in [0.717, 1.165) is 47.3 Å². The number of benzene rings is 2.